The van der Waals surface area contributed by atoms with Gasteiger partial charge in [0.15, 0.2) is 5.82 Å². The van der Waals surface area contributed by atoms with Gasteiger partial charge in [0, 0.05) is 22.1 Å². The first kappa shape index (κ1) is 20.4. The molecule has 2 heterocycles. The molecule has 154 valence electrons. The topological polar surface area (TPSA) is 67.1 Å². The summed E-state index contributed by atoms with van der Waals surface area (Å²) >= 11 is 5.88. The molecule has 0 atom stereocenters. The first-order valence-corrected chi connectivity index (χ1v) is 10.2. The van der Waals surface area contributed by atoms with E-state index >= 15 is 0 Å². The molecule has 0 saturated carbocycles. The van der Waals surface area contributed by atoms with Crippen molar-refractivity contribution in [2.45, 2.75) is 19.8 Å². The summed E-state index contributed by atoms with van der Waals surface area (Å²) in [6.45, 7) is 4.29. The average Bonchev–Trinajstić information content (AvgIpc) is 2.73. The van der Waals surface area contributed by atoms with Crippen molar-refractivity contribution in [1.29, 1.82) is 0 Å². The van der Waals surface area contributed by atoms with Crippen LogP contribution in [-0.4, -0.2) is 35.0 Å². The molecule has 0 spiro atoms. The number of nitrogens with zero attached hydrogens (tertiary/aromatic N) is 3. The van der Waals surface area contributed by atoms with Gasteiger partial charge < -0.3 is 16.0 Å². The molecule has 0 unspecified atom stereocenters. The van der Waals surface area contributed by atoms with Gasteiger partial charge >= 0.3 is 0 Å². The molecule has 7 heteroatoms. The zero-order chi connectivity index (χ0) is 21.3. The van der Waals surface area contributed by atoms with E-state index in [1.807, 2.05) is 6.07 Å². The van der Waals surface area contributed by atoms with Crippen LogP contribution >= 0.6 is 11.6 Å². The van der Waals surface area contributed by atoms with Gasteiger partial charge in [-0.2, -0.15) is 0 Å². The van der Waals surface area contributed by atoms with Crippen molar-refractivity contribution in [3.05, 3.63) is 53.1 Å². The highest BCUT2D eigenvalue weighted by atomic mass is 35.5. The van der Waals surface area contributed by atoms with E-state index < -0.39 is 5.82 Å². The van der Waals surface area contributed by atoms with Crippen LogP contribution in [0.3, 0.4) is 0 Å². The number of benzene rings is 2. The Morgan fingerprint density at radius 1 is 1.23 bits per heavy atom. The minimum Gasteiger partial charge on any atom is -0.398 e. The number of rotatable bonds is 2. The van der Waals surface area contributed by atoms with E-state index in [9.17, 15) is 4.39 Å². The lowest BCUT2D eigenvalue weighted by atomic mass is 9.81. The predicted octanol–water partition coefficient (Wildman–Crippen LogP) is 4.83. The molecule has 1 aromatic heterocycles. The summed E-state index contributed by atoms with van der Waals surface area (Å²) in [5.41, 5.74) is 8.47. The van der Waals surface area contributed by atoms with Gasteiger partial charge in [0.2, 0.25) is 0 Å². The van der Waals surface area contributed by atoms with Crippen molar-refractivity contribution in [3.63, 3.8) is 0 Å². The van der Waals surface area contributed by atoms with Gasteiger partial charge in [0.25, 0.3) is 0 Å². The summed E-state index contributed by atoms with van der Waals surface area (Å²) in [7, 11) is 2.13. The van der Waals surface area contributed by atoms with Crippen LogP contribution in [0.2, 0.25) is 5.02 Å². The number of nitrogens with two attached hydrogens (primary N) is 1. The zero-order valence-electron chi connectivity index (χ0n) is 17.0. The zero-order valence-corrected chi connectivity index (χ0v) is 17.7. The van der Waals surface area contributed by atoms with Crippen LogP contribution in [-0.2, 0) is 0 Å². The van der Waals surface area contributed by atoms with Crippen molar-refractivity contribution in [2.24, 2.45) is 5.41 Å². The highest BCUT2D eigenvalue weighted by molar-refractivity contribution is 6.31. The molecular weight excluding hydrogens is 401 g/mol. The van der Waals surface area contributed by atoms with Crippen molar-refractivity contribution >= 4 is 39.7 Å². The molecule has 0 amide bonds. The Morgan fingerprint density at radius 2 is 2.00 bits per heavy atom. The van der Waals surface area contributed by atoms with Crippen molar-refractivity contribution in [2.75, 3.05) is 31.2 Å². The number of halogens is 2. The number of hydrogen-bond donors (Lipinski definition) is 2. The summed E-state index contributed by atoms with van der Waals surface area (Å²) in [4.78, 5) is 10.9. The predicted molar refractivity (Wildman–Crippen MR) is 120 cm³/mol. The second-order valence-electron chi connectivity index (χ2n) is 8.02. The summed E-state index contributed by atoms with van der Waals surface area (Å²) in [5.74, 6) is 6.61. The number of anilines is 3. The largest absolute Gasteiger partial charge is 0.398 e. The molecule has 1 saturated heterocycles. The molecule has 0 bridgehead atoms. The van der Waals surface area contributed by atoms with Crippen LogP contribution in [0.5, 0.6) is 0 Å². The van der Waals surface area contributed by atoms with Gasteiger partial charge in [0.05, 0.1) is 16.2 Å². The molecule has 2 aromatic carbocycles. The highest BCUT2D eigenvalue weighted by Gasteiger charge is 2.26. The second-order valence-corrected chi connectivity index (χ2v) is 8.43. The number of likely N-dealkylation sites (tertiary alicyclic amines) is 1. The lowest BCUT2D eigenvalue weighted by Crippen LogP contribution is -2.35. The first-order valence-electron chi connectivity index (χ1n) is 9.82. The van der Waals surface area contributed by atoms with Crippen LogP contribution in [0, 0.1) is 23.1 Å². The number of fused-ring (bicyclic) bond motifs is 1. The Kier molecular flexibility index (Phi) is 5.50. The summed E-state index contributed by atoms with van der Waals surface area (Å²) in [6.07, 6.45) is 3.50. The number of piperidine rings is 1. The Labute approximate surface area is 180 Å². The van der Waals surface area contributed by atoms with E-state index in [2.05, 4.69) is 46.0 Å². The molecule has 4 rings (SSSR count). The Bertz CT molecular complexity index is 1160. The third-order valence-electron chi connectivity index (χ3n) is 5.60. The number of aromatic nitrogens is 2. The van der Waals surface area contributed by atoms with Crippen molar-refractivity contribution < 1.29 is 4.39 Å². The Hall–Kier alpha value is -2.88. The molecule has 30 heavy (non-hydrogen) atoms. The molecule has 5 nitrogen and oxygen atoms in total. The highest BCUT2D eigenvalue weighted by Crippen LogP contribution is 2.32. The number of nitrogens with one attached hydrogen (secondary N) is 1. The normalized spacial score (nSPS) is 16.1. The monoisotopic (exact) mass is 423 g/mol. The first-order chi connectivity index (χ1) is 14.3. The van der Waals surface area contributed by atoms with Gasteiger partial charge in [0.1, 0.15) is 12.1 Å². The fourth-order valence-corrected chi connectivity index (χ4v) is 3.69. The van der Waals surface area contributed by atoms with Gasteiger partial charge in [-0.25, -0.2) is 14.4 Å². The number of hydrogen-bond acceptors (Lipinski definition) is 5. The molecule has 0 radical (unpaired) electrons. The standard InChI is InChI=1S/C23H23ClFN5/c1-23(8-10-30(2)11-9-23)7-6-15-12-20-16(13-18(15)26)22(28-14-27-20)29-19-5-3-4-17(24)21(19)25/h3-5,12-14H,8-11,26H2,1-2H3,(H,27,28,29). The minimum atomic E-state index is -0.534. The molecular formula is C23H23ClFN5. The lowest BCUT2D eigenvalue weighted by molar-refractivity contribution is 0.187. The van der Waals surface area contributed by atoms with E-state index in [-0.39, 0.29) is 16.1 Å². The van der Waals surface area contributed by atoms with E-state index in [1.165, 1.54) is 12.4 Å². The third kappa shape index (κ3) is 4.18. The molecule has 1 aliphatic heterocycles. The lowest BCUT2D eigenvalue weighted by Gasteiger charge is -2.33. The van der Waals surface area contributed by atoms with E-state index in [4.69, 9.17) is 17.3 Å². The average molecular weight is 424 g/mol. The van der Waals surface area contributed by atoms with Crippen LogP contribution in [0.1, 0.15) is 25.3 Å². The van der Waals surface area contributed by atoms with E-state index in [0.717, 1.165) is 31.5 Å². The van der Waals surface area contributed by atoms with Gasteiger partial charge in [-0.15, -0.1) is 0 Å². The second kappa shape index (κ2) is 8.10. The molecule has 1 fully saturated rings. The quantitative estimate of drug-likeness (QED) is 0.456. The maximum Gasteiger partial charge on any atom is 0.165 e. The van der Waals surface area contributed by atoms with Crippen LogP contribution in [0.4, 0.5) is 21.6 Å². The molecule has 1 aliphatic rings. The van der Waals surface area contributed by atoms with Gasteiger partial charge in [-0.3, -0.25) is 0 Å². The summed E-state index contributed by atoms with van der Waals surface area (Å²) in [6, 6.07) is 8.40. The molecule has 3 aromatic rings. The van der Waals surface area contributed by atoms with Crippen molar-refractivity contribution in [1.82, 2.24) is 14.9 Å². The fraction of sp³-hybridized carbons (Fsp3) is 0.304. The van der Waals surface area contributed by atoms with Crippen LogP contribution < -0.4 is 11.1 Å². The van der Waals surface area contributed by atoms with Gasteiger partial charge in [-0.1, -0.05) is 29.5 Å². The minimum absolute atomic E-state index is 0.0175. The fourth-order valence-electron chi connectivity index (χ4n) is 3.51. The van der Waals surface area contributed by atoms with Gasteiger partial charge in [-0.05, 0) is 64.2 Å². The van der Waals surface area contributed by atoms with Crippen LogP contribution in [0.15, 0.2) is 36.7 Å². The Balaban J connectivity index is 1.67. The molecule has 0 aliphatic carbocycles. The van der Waals surface area contributed by atoms with Crippen LogP contribution in [0.25, 0.3) is 10.9 Å². The third-order valence-corrected chi connectivity index (χ3v) is 5.89. The summed E-state index contributed by atoms with van der Waals surface area (Å²) in [5, 5.41) is 3.72. The maximum atomic E-state index is 14.3. The Morgan fingerprint density at radius 3 is 2.77 bits per heavy atom. The maximum absolute atomic E-state index is 14.3. The summed E-state index contributed by atoms with van der Waals surface area (Å²) < 4.78 is 14.3. The smallest absolute Gasteiger partial charge is 0.165 e. The SMILES string of the molecule is CN1CCC(C)(C#Cc2cc3ncnc(Nc4cccc(Cl)c4F)c3cc2N)CC1. The molecule has 3 N–H and O–H groups in total. The van der Waals surface area contributed by atoms with E-state index in [1.54, 1.807) is 18.2 Å². The van der Waals surface area contributed by atoms with E-state index in [0.29, 0.717) is 22.4 Å². The van der Waals surface area contributed by atoms with Crippen molar-refractivity contribution in [3.8, 4) is 11.8 Å². The number of nitrogen functional groups attached to an aromatic ring is 1.